The van der Waals surface area contributed by atoms with E-state index in [1.165, 1.54) is 19.3 Å². The van der Waals surface area contributed by atoms with E-state index in [2.05, 4.69) is 31.0 Å². The Morgan fingerprint density at radius 3 is 2.76 bits per heavy atom. The van der Waals surface area contributed by atoms with Crippen LogP contribution in [0.25, 0.3) is 0 Å². The van der Waals surface area contributed by atoms with Gasteiger partial charge in [-0.15, -0.1) is 0 Å². The number of morpholine rings is 1. The lowest BCUT2D eigenvalue weighted by atomic mass is 9.83. The molecule has 1 atom stereocenters. The summed E-state index contributed by atoms with van der Waals surface area (Å²) in [5.74, 6) is 0.116. The minimum Gasteiger partial charge on any atom is -0.380 e. The van der Waals surface area contributed by atoms with Gasteiger partial charge in [0, 0.05) is 38.7 Å². The van der Waals surface area contributed by atoms with E-state index >= 15 is 0 Å². The molecular formula is C20H40N2O3. The molecule has 1 fully saturated rings. The van der Waals surface area contributed by atoms with Crippen LogP contribution in [-0.2, 0) is 14.3 Å². The Kier molecular flexibility index (Phi) is 10.6. The summed E-state index contributed by atoms with van der Waals surface area (Å²) in [5, 5.41) is 2.96. The van der Waals surface area contributed by atoms with E-state index in [4.69, 9.17) is 9.47 Å². The van der Waals surface area contributed by atoms with E-state index < -0.39 is 0 Å². The van der Waals surface area contributed by atoms with Gasteiger partial charge in [0.2, 0.25) is 5.91 Å². The van der Waals surface area contributed by atoms with Gasteiger partial charge in [0.25, 0.3) is 0 Å². The highest BCUT2D eigenvalue weighted by Crippen LogP contribution is 2.27. The molecule has 0 aliphatic carbocycles. The number of ether oxygens (including phenoxy) is 2. The molecule has 1 rings (SSSR count). The molecule has 1 aliphatic rings. The predicted molar refractivity (Wildman–Crippen MR) is 103 cm³/mol. The number of amides is 1. The first-order valence-electron chi connectivity index (χ1n) is 10.0. The monoisotopic (exact) mass is 356 g/mol. The molecule has 1 amide bonds. The number of nitrogens with one attached hydrogen (secondary N) is 1. The molecule has 148 valence electrons. The molecule has 1 heterocycles. The van der Waals surface area contributed by atoms with Crippen molar-refractivity contribution < 1.29 is 14.3 Å². The van der Waals surface area contributed by atoms with Crippen LogP contribution in [0.5, 0.6) is 0 Å². The summed E-state index contributed by atoms with van der Waals surface area (Å²) in [5.41, 5.74) is 0.440. The molecule has 5 heteroatoms. The summed E-state index contributed by atoms with van der Waals surface area (Å²) in [7, 11) is 0. The Bertz CT molecular complexity index is 372. The van der Waals surface area contributed by atoms with Gasteiger partial charge >= 0.3 is 0 Å². The van der Waals surface area contributed by atoms with E-state index in [-0.39, 0.29) is 17.9 Å². The van der Waals surface area contributed by atoms with Crippen molar-refractivity contribution in [1.29, 1.82) is 0 Å². The van der Waals surface area contributed by atoms with E-state index in [0.717, 1.165) is 45.9 Å². The fourth-order valence-electron chi connectivity index (χ4n) is 3.28. The summed E-state index contributed by atoms with van der Waals surface area (Å²) in [6.45, 7) is 16.5. The molecule has 5 nitrogen and oxygen atoms in total. The summed E-state index contributed by atoms with van der Waals surface area (Å²) in [6, 6.07) is 0. The molecule has 0 aromatic rings. The standard InChI is InChI=1S/C20H40N2O3/c1-6-8-20(4,5)9-7-12-24-13-10-22-11-14-25-18(16-22)15-21-19(23)17(2)3/h17-18H,6-16H2,1-5H3,(H,21,23). The molecule has 1 N–H and O–H groups in total. The van der Waals surface area contributed by atoms with Gasteiger partial charge in [0.1, 0.15) is 0 Å². The average molecular weight is 357 g/mol. The summed E-state index contributed by atoms with van der Waals surface area (Å²) < 4.78 is 11.6. The first kappa shape index (κ1) is 22.4. The number of hydrogen-bond acceptors (Lipinski definition) is 4. The van der Waals surface area contributed by atoms with Gasteiger partial charge in [-0.05, 0) is 24.7 Å². The fraction of sp³-hybridized carbons (Fsp3) is 0.950. The average Bonchev–Trinajstić information content (AvgIpc) is 2.56. The Balaban J connectivity index is 2.09. The number of nitrogens with zero attached hydrogens (tertiary/aromatic N) is 1. The van der Waals surface area contributed by atoms with Crippen LogP contribution < -0.4 is 5.32 Å². The third-order valence-corrected chi connectivity index (χ3v) is 4.87. The Morgan fingerprint density at radius 1 is 1.32 bits per heavy atom. The van der Waals surface area contributed by atoms with Crippen molar-refractivity contribution in [1.82, 2.24) is 10.2 Å². The van der Waals surface area contributed by atoms with Gasteiger partial charge in [0.15, 0.2) is 0 Å². The van der Waals surface area contributed by atoms with E-state index in [0.29, 0.717) is 12.0 Å². The van der Waals surface area contributed by atoms with Crippen LogP contribution in [0.1, 0.15) is 60.3 Å². The SMILES string of the molecule is CCCC(C)(C)CCCOCCN1CCOC(CNC(=O)C(C)C)C1. The predicted octanol–water partition coefficient (Wildman–Crippen LogP) is 3.08. The molecule has 0 aromatic heterocycles. The normalized spacial score (nSPS) is 19.4. The topological polar surface area (TPSA) is 50.8 Å². The molecule has 0 aromatic carbocycles. The fourth-order valence-corrected chi connectivity index (χ4v) is 3.28. The molecule has 25 heavy (non-hydrogen) atoms. The number of rotatable bonds is 12. The van der Waals surface area contributed by atoms with Crippen LogP contribution in [0.2, 0.25) is 0 Å². The van der Waals surface area contributed by atoms with Gasteiger partial charge in [-0.25, -0.2) is 0 Å². The van der Waals surface area contributed by atoms with Crippen molar-refractivity contribution in [2.75, 3.05) is 46.0 Å². The van der Waals surface area contributed by atoms with Gasteiger partial charge < -0.3 is 14.8 Å². The summed E-state index contributed by atoms with van der Waals surface area (Å²) >= 11 is 0. The lowest BCUT2D eigenvalue weighted by Gasteiger charge is -2.33. The van der Waals surface area contributed by atoms with Gasteiger partial charge in [-0.2, -0.15) is 0 Å². The smallest absolute Gasteiger partial charge is 0.222 e. The van der Waals surface area contributed by atoms with Crippen molar-refractivity contribution in [2.45, 2.75) is 66.4 Å². The van der Waals surface area contributed by atoms with Crippen molar-refractivity contribution in [3.8, 4) is 0 Å². The molecular weight excluding hydrogens is 316 g/mol. The van der Waals surface area contributed by atoms with Gasteiger partial charge in [-0.3, -0.25) is 9.69 Å². The first-order valence-corrected chi connectivity index (χ1v) is 10.0. The highest BCUT2D eigenvalue weighted by molar-refractivity contribution is 5.77. The number of hydrogen-bond donors (Lipinski definition) is 1. The summed E-state index contributed by atoms with van der Waals surface area (Å²) in [4.78, 5) is 14.0. The molecule has 1 aliphatic heterocycles. The number of carbonyl (C=O) groups is 1. The highest BCUT2D eigenvalue weighted by Gasteiger charge is 2.21. The lowest BCUT2D eigenvalue weighted by molar-refractivity contribution is -0.125. The minimum absolute atomic E-state index is 0.0235. The van der Waals surface area contributed by atoms with E-state index in [9.17, 15) is 4.79 Å². The van der Waals surface area contributed by atoms with Crippen LogP contribution in [0, 0.1) is 11.3 Å². The third kappa shape index (κ3) is 10.2. The van der Waals surface area contributed by atoms with Crippen LogP contribution in [0.4, 0.5) is 0 Å². The highest BCUT2D eigenvalue weighted by atomic mass is 16.5. The molecule has 0 saturated carbocycles. The molecule has 1 unspecified atom stereocenters. The molecule has 1 saturated heterocycles. The second-order valence-electron chi connectivity index (χ2n) is 8.32. The van der Waals surface area contributed by atoms with E-state index in [1.807, 2.05) is 13.8 Å². The van der Waals surface area contributed by atoms with Crippen LogP contribution in [-0.4, -0.2) is 62.9 Å². The third-order valence-electron chi connectivity index (χ3n) is 4.87. The Morgan fingerprint density at radius 2 is 2.08 bits per heavy atom. The van der Waals surface area contributed by atoms with Crippen molar-refractivity contribution >= 4 is 5.91 Å². The molecule has 0 bridgehead atoms. The zero-order valence-corrected chi connectivity index (χ0v) is 17.1. The minimum atomic E-state index is 0.0235. The largest absolute Gasteiger partial charge is 0.380 e. The van der Waals surface area contributed by atoms with Crippen molar-refractivity contribution in [2.24, 2.45) is 11.3 Å². The van der Waals surface area contributed by atoms with E-state index in [1.54, 1.807) is 0 Å². The lowest BCUT2D eigenvalue weighted by Crippen LogP contribution is -2.48. The second-order valence-corrected chi connectivity index (χ2v) is 8.32. The van der Waals surface area contributed by atoms with Gasteiger partial charge in [0.05, 0.1) is 19.3 Å². The quantitative estimate of drug-likeness (QED) is 0.546. The molecule has 0 spiro atoms. The molecule has 0 radical (unpaired) electrons. The second kappa shape index (κ2) is 11.9. The van der Waals surface area contributed by atoms with Crippen molar-refractivity contribution in [3.05, 3.63) is 0 Å². The number of carbonyl (C=O) groups excluding carboxylic acids is 1. The Labute approximate surface area is 154 Å². The maximum Gasteiger partial charge on any atom is 0.222 e. The zero-order chi connectivity index (χ0) is 18.7. The van der Waals surface area contributed by atoms with Crippen LogP contribution >= 0.6 is 0 Å². The summed E-state index contributed by atoms with van der Waals surface area (Å²) in [6.07, 6.45) is 5.00. The van der Waals surface area contributed by atoms with Crippen LogP contribution in [0.15, 0.2) is 0 Å². The maximum absolute atomic E-state index is 11.7. The van der Waals surface area contributed by atoms with Gasteiger partial charge in [-0.1, -0.05) is 41.0 Å². The Hall–Kier alpha value is -0.650. The first-order chi connectivity index (χ1) is 11.8. The van der Waals surface area contributed by atoms with Crippen molar-refractivity contribution in [3.63, 3.8) is 0 Å². The zero-order valence-electron chi connectivity index (χ0n) is 17.1. The maximum atomic E-state index is 11.7. The van der Waals surface area contributed by atoms with Crippen LogP contribution in [0.3, 0.4) is 0 Å².